The Labute approximate surface area is 210 Å². The summed E-state index contributed by atoms with van der Waals surface area (Å²) in [6.45, 7) is -0.235. The number of nitrogens with one attached hydrogen (secondary N) is 3. The SMILES string of the molecule is O=C(COc1ccc2ccccc2c1Br)NNC(=S)NC(=O)c1ccc(-c2ccccc2)cc1. The van der Waals surface area contributed by atoms with Crippen molar-refractivity contribution in [2.24, 2.45) is 0 Å². The summed E-state index contributed by atoms with van der Waals surface area (Å²) in [6, 6.07) is 28.6. The molecule has 0 saturated heterocycles. The summed E-state index contributed by atoms with van der Waals surface area (Å²) in [5.74, 6) is -0.296. The van der Waals surface area contributed by atoms with Gasteiger partial charge in [0, 0.05) is 5.56 Å². The smallest absolute Gasteiger partial charge is 0.276 e. The van der Waals surface area contributed by atoms with Crippen LogP contribution in [0.5, 0.6) is 5.75 Å². The lowest BCUT2D eigenvalue weighted by atomic mass is 10.0. The highest BCUT2D eigenvalue weighted by Gasteiger charge is 2.11. The highest BCUT2D eigenvalue weighted by atomic mass is 79.9. The Bertz CT molecular complexity index is 1340. The van der Waals surface area contributed by atoms with Crippen LogP contribution in [-0.4, -0.2) is 23.5 Å². The highest BCUT2D eigenvalue weighted by molar-refractivity contribution is 9.10. The predicted molar refractivity (Wildman–Crippen MR) is 140 cm³/mol. The third-order valence-electron chi connectivity index (χ3n) is 4.98. The number of hydrogen-bond donors (Lipinski definition) is 3. The van der Waals surface area contributed by atoms with Crippen LogP contribution in [0.3, 0.4) is 0 Å². The first-order chi connectivity index (χ1) is 16.5. The van der Waals surface area contributed by atoms with Gasteiger partial charge in [-0.25, -0.2) is 0 Å². The Kier molecular flexibility index (Phi) is 7.51. The van der Waals surface area contributed by atoms with Crippen molar-refractivity contribution < 1.29 is 14.3 Å². The number of carbonyl (C=O) groups is 2. The van der Waals surface area contributed by atoms with E-state index in [1.54, 1.807) is 18.2 Å². The number of thiocarbonyl (C=S) groups is 1. The van der Waals surface area contributed by atoms with Gasteiger partial charge in [-0.05, 0) is 68.2 Å². The van der Waals surface area contributed by atoms with Gasteiger partial charge < -0.3 is 4.74 Å². The minimum atomic E-state index is -0.455. The number of amides is 2. The van der Waals surface area contributed by atoms with Crippen molar-refractivity contribution in [1.29, 1.82) is 0 Å². The summed E-state index contributed by atoms with van der Waals surface area (Å²) in [6.07, 6.45) is 0. The summed E-state index contributed by atoms with van der Waals surface area (Å²) in [4.78, 5) is 24.6. The van der Waals surface area contributed by atoms with Crippen molar-refractivity contribution in [3.05, 3.63) is 101 Å². The Balaban J connectivity index is 1.25. The molecule has 170 valence electrons. The van der Waals surface area contributed by atoms with E-state index in [-0.39, 0.29) is 17.6 Å². The van der Waals surface area contributed by atoms with Gasteiger partial charge in [0.1, 0.15) is 5.75 Å². The minimum Gasteiger partial charge on any atom is -0.483 e. The second-order valence-electron chi connectivity index (χ2n) is 7.29. The summed E-state index contributed by atoms with van der Waals surface area (Å²) in [7, 11) is 0. The maximum absolute atomic E-state index is 12.4. The zero-order valence-corrected chi connectivity index (χ0v) is 20.3. The van der Waals surface area contributed by atoms with Gasteiger partial charge in [-0.3, -0.25) is 25.8 Å². The Morgan fingerprint density at radius 2 is 1.47 bits per heavy atom. The van der Waals surface area contributed by atoms with Crippen LogP contribution >= 0.6 is 28.1 Å². The van der Waals surface area contributed by atoms with E-state index in [9.17, 15) is 9.59 Å². The fourth-order valence-corrected chi connectivity index (χ4v) is 4.03. The molecule has 0 heterocycles. The van der Waals surface area contributed by atoms with Crippen molar-refractivity contribution in [2.45, 2.75) is 0 Å². The Hall–Kier alpha value is -3.75. The number of halogens is 1. The summed E-state index contributed by atoms with van der Waals surface area (Å²) >= 11 is 8.62. The summed E-state index contributed by atoms with van der Waals surface area (Å²) in [5.41, 5.74) is 7.43. The molecule has 0 radical (unpaired) electrons. The lowest BCUT2D eigenvalue weighted by Crippen LogP contribution is -2.49. The largest absolute Gasteiger partial charge is 0.483 e. The summed E-state index contributed by atoms with van der Waals surface area (Å²) in [5, 5.41) is 4.55. The molecule has 4 rings (SSSR count). The monoisotopic (exact) mass is 533 g/mol. The molecule has 0 saturated carbocycles. The van der Waals surface area contributed by atoms with E-state index < -0.39 is 5.91 Å². The minimum absolute atomic E-state index is 0.0302. The molecule has 0 atom stereocenters. The average Bonchev–Trinajstić information content (AvgIpc) is 2.88. The van der Waals surface area contributed by atoms with Gasteiger partial charge in [0.2, 0.25) is 0 Å². The standard InChI is InChI=1S/C26H20BrN3O3S/c27-24-21-9-5-4-8-19(21)14-15-22(24)33-16-23(31)29-30-26(34)28-25(32)20-12-10-18(11-13-20)17-6-2-1-3-7-17/h1-15H,16H2,(H,29,31)(H2,28,30,32,34). The second kappa shape index (κ2) is 10.9. The first-order valence-corrected chi connectivity index (χ1v) is 11.6. The lowest BCUT2D eigenvalue weighted by Gasteiger charge is -2.13. The molecule has 0 aliphatic rings. The molecule has 0 aliphatic carbocycles. The Morgan fingerprint density at radius 3 is 2.24 bits per heavy atom. The maximum Gasteiger partial charge on any atom is 0.276 e. The van der Waals surface area contributed by atoms with Crippen LogP contribution in [0.15, 0.2) is 95.5 Å². The number of ether oxygens (including phenoxy) is 1. The highest BCUT2D eigenvalue weighted by Crippen LogP contribution is 2.32. The molecule has 0 aliphatic heterocycles. The zero-order valence-electron chi connectivity index (χ0n) is 17.9. The molecule has 34 heavy (non-hydrogen) atoms. The molecule has 0 fully saturated rings. The number of carbonyl (C=O) groups excluding carboxylic acids is 2. The van der Waals surface area contributed by atoms with Gasteiger partial charge in [-0.1, -0.05) is 72.8 Å². The Morgan fingerprint density at radius 1 is 0.794 bits per heavy atom. The number of benzene rings is 4. The molecule has 4 aromatic rings. The molecular formula is C26H20BrN3O3S. The van der Waals surface area contributed by atoms with Crippen LogP contribution in [0.4, 0.5) is 0 Å². The zero-order chi connectivity index (χ0) is 23.9. The van der Waals surface area contributed by atoms with Gasteiger partial charge in [-0.15, -0.1) is 0 Å². The third kappa shape index (κ3) is 5.78. The molecule has 0 spiro atoms. The normalized spacial score (nSPS) is 10.4. The van der Waals surface area contributed by atoms with Crippen molar-refractivity contribution in [3.63, 3.8) is 0 Å². The van der Waals surface area contributed by atoms with E-state index >= 15 is 0 Å². The van der Waals surface area contributed by atoms with Crippen LogP contribution in [0, 0.1) is 0 Å². The molecule has 8 heteroatoms. The van der Waals surface area contributed by atoms with Crippen molar-refractivity contribution in [1.82, 2.24) is 16.2 Å². The van der Waals surface area contributed by atoms with E-state index in [0.717, 1.165) is 26.4 Å². The molecule has 4 aromatic carbocycles. The van der Waals surface area contributed by atoms with E-state index in [4.69, 9.17) is 17.0 Å². The van der Waals surface area contributed by atoms with Crippen LogP contribution in [-0.2, 0) is 4.79 Å². The van der Waals surface area contributed by atoms with E-state index in [2.05, 4.69) is 32.1 Å². The molecule has 2 amide bonds. The van der Waals surface area contributed by atoms with Crippen LogP contribution in [0.25, 0.3) is 21.9 Å². The van der Waals surface area contributed by atoms with E-state index in [1.165, 1.54) is 0 Å². The topological polar surface area (TPSA) is 79.5 Å². The molecule has 0 unspecified atom stereocenters. The third-order valence-corrected chi connectivity index (χ3v) is 6.01. The molecule has 0 bridgehead atoms. The van der Waals surface area contributed by atoms with Gasteiger partial charge in [-0.2, -0.15) is 0 Å². The first-order valence-electron chi connectivity index (χ1n) is 10.4. The average molecular weight is 534 g/mol. The van der Waals surface area contributed by atoms with Crippen molar-refractivity contribution in [3.8, 4) is 16.9 Å². The quantitative estimate of drug-likeness (QED) is 0.249. The first kappa shape index (κ1) is 23.4. The second-order valence-corrected chi connectivity index (χ2v) is 8.49. The van der Waals surface area contributed by atoms with Crippen molar-refractivity contribution in [2.75, 3.05) is 6.61 Å². The number of hydrazine groups is 1. The predicted octanol–water partition coefficient (Wildman–Crippen LogP) is 4.98. The van der Waals surface area contributed by atoms with Crippen LogP contribution in [0.2, 0.25) is 0 Å². The van der Waals surface area contributed by atoms with Crippen molar-refractivity contribution >= 4 is 55.8 Å². The van der Waals surface area contributed by atoms with Gasteiger partial charge >= 0.3 is 0 Å². The number of hydrogen-bond acceptors (Lipinski definition) is 4. The van der Waals surface area contributed by atoms with Gasteiger partial charge in [0.25, 0.3) is 11.8 Å². The lowest BCUT2D eigenvalue weighted by molar-refractivity contribution is -0.123. The van der Waals surface area contributed by atoms with Gasteiger partial charge in [0.15, 0.2) is 11.7 Å². The summed E-state index contributed by atoms with van der Waals surface area (Å²) < 4.78 is 6.38. The fourth-order valence-electron chi connectivity index (χ4n) is 3.28. The molecule has 6 nitrogen and oxygen atoms in total. The fraction of sp³-hybridized carbons (Fsp3) is 0.0385. The van der Waals surface area contributed by atoms with E-state index in [1.807, 2.05) is 72.8 Å². The number of fused-ring (bicyclic) bond motifs is 1. The molecule has 0 aromatic heterocycles. The van der Waals surface area contributed by atoms with Crippen LogP contribution in [0.1, 0.15) is 10.4 Å². The van der Waals surface area contributed by atoms with Crippen LogP contribution < -0.4 is 20.9 Å². The molecule has 3 N–H and O–H groups in total. The van der Waals surface area contributed by atoms with E-state index in [0.29, 0.717) is 11.3 Å². The maximum atomic E-state index is 12.4. The molecular weight excluding hydrogens is 514 g/mol. The number of rotatable bonds is 5. The van der Waals surface area contributed by atoms with Gasteiger partial charge in [0.05, 0.1) is 4.47 Å².